The summed E-state index contributed by atoms with van der Waals surface area (Å²) in [7, 11) is -3.73. The van der Waals surface area contributed by atoms with E-state index in [4.69, 9.17) is 23.2 Å². The molecule has 0 unspecified atom stereocenters. The van der Waals surface area contributed by atoms with E-state index in [1.807, 2.05) is 19.1 Å². The van der Waals surface area contributed by atoms with Gasteiger partial charge in [-0.1, -0.05) is 40.9 Å². The van der Waals surface area contributed by atoms with Crippen LogP contribution in [0, 0.1) is 6.92 Å². The Bertz CT molecular complexity index is 1110. The van der Waals surface area contributed by atoms with E-state index in [-0.39, 0.29) is 15.5 Å². The highest BCUT2D eigenvalue weighted by atomic mass is 35.5. The van der Waals surface area contributed by atoms with Crippen LogP contribution < -0.4 is 10.0 Å². The van der Waals surface area contributed by atoms with Gasteiger partial charge in [0, 0.05) is 16.4 Å². The number of halogens is 2. The van der Waals surface area contributed by atoms with Gasteiger partial charge in [0.15, 0.2) is 0 Å². The first kappa shape index (κ1) is 20.2. The molecular weight excluding hydrogens is 419 g/mol. The molecule has 0 radical (unpaired) electrons. The van der Waals surface area contributed by atoms with Crippen LogP contribution in [0.15, 0.2) is 71.6 Å². The first-order chi connectivity index (χ1) is 13.2. The Morgan fingerprint density at radius 2 is 1.46 bits per heavy atom. The second-order valence-corrected chi connectivity index (χ2v) is 8.60. The van der Waals surface area contributed by atoms with Crippen LogP contribution in [-0.2, 0) is 10.0 Å². The first-order valence-corrected chi connectivity index (χ1v) is 10.4. The first-order valence-electron chi connectivity index (χ1n) is 8.20. The van der Waals surface area contributed by atoms with Crippen molar-refractivity contribution >= 4 is 50.5 Å². The Kier molecular flexibility index (Phi) is 5.93. The number of carbonyl (C=O) groups excluding carboxylic acids is 1. The number of carbonyl (C=O) groups is 1. The van der Waals surface area contributed by atoms with Gasteiger partial charge in [0.25, 0.3) is 15.9 Å². The van der Waals surface area contributed by atoms with Gasteiger partial charge in [0.05, 0.1) is 15.5 Å². The van der Waals surface area contributed by atoms with Gasteiger partial charge in [0.1, 0.15) is 0 Å². The highest BCUT2D eigenvalue weighted by Crippen LogP contribution is 2.23. The fraction of sp³-hybridized carbons (Fsp3) is 0.0500. The normalized spacial score (nSPS) is 11.1. The topological polar surface area (TPSA) is 75.3 Å². The van der Waals surface area contributed by atoms with Gasteiger partial charge in [0.2, 0.25) is 0 Å². The predicted molar refractivity (Wildman–Crippen MR) is 113 cm³/mol. The van der Waals surface area contributed by atoms with Crippen LogP contribution in [0.1, 0.15) is 15.9 Å². The van der Waals surface area contributed by atoms with Crippen LogP contribution in [0.25, 0.3) is 0 Å². The Morgan fingerprint density at radius 3 is 2.07 bits per heavy atom. The molecule has 0 heterocycles. The van der Waals surface area contributed by atoms with Crippen molar-refractivity contribution in [3.05, 3.63) is 87.9 Å². The molecule has 144 valence electrons. The highest BCUT2D eigenvalue weighted by Gasteiger charge is 2.15. The van der Waals surface area contributed by atoms with Crippen LogP contribution in [0.2, 0.25) is 10.0 Å². The Morgan fingerprint density at radius 1 is 0.857 bits per heavy atom. The summed E-state index contributed by atoms with van der Waals surface area (Å²) in [6.07, 6.45) is 0. The van der Waals surface area contributed by atoms with E-state index in [0.29, 0.717) is 16.4 Å². The molecule has 28 heavy (non-hydrogen) atoms. The molecule has 0 saturated carbocycles. The second kappa shape index (κ2) is 8.22. The van der Waals surface area contributed by atoms with Gasteiger partial charge >= 0.3 is 0 Å². The molecule has 0 atom stereocenters. The highest BCUT2D eigenvalue weighted by molar-refractivity contribution is 7.92. The molecule has 0 aliphatic heterocycles. The van der Waals surface area contributed by atoms with Crippen molar-refractivity contribution in [1.82, 2.24) is 0 Å². The Hall–Kier alpha value is -2.54. The molecule has 3 rings (SSSR count). The lowest BCUT2D eigenvalue weighted by atomic mass is 10.2. The predicted octanol–water partition coefficient (Wildman–Crippen LogP) is 5.35. The van der Waals surface area contributed by atoms with Gasteiger partial charge in [-0.2, -0.15) is 0 Å². The zero-order valence-corrected chi connectivity index (χ0v) is 17.1. The fourth-order valence-electron chi connectivity index (χ4n) is 2.43. The molecule has 0 fully saturated rings. The van der Waals surface area contributed by atoms with E-state index in [0.717, 1.165) is 5.56 Å². The van der Waals surface area contributed by atoms with E-state index >= 15 is 0 Å². The van der Waals surface area contributed by atoms with Crippen molar-refractivity contribution in [3.63, 3.8) is 0 Å². The van der Waals surface area contributed by atoms with E-state index in [9.17, 15) is 13.2 Å². The van der Waals surface area contributed by atoms with Gasteiger partial charge < -0.3 is 5.32 Å². The summed E-state index contributed by atoms with van der Waals surface area (Å²) in [6.45, 7) is 1.92. The molecule has 5 nitrogen and oxygen atoms in total. The van der Waals surface area contributed by atoms with E-state index in [1.165, 1.54) is 36.4 Å². The fourth-order valence-corrected chi connectivity index (χ4v) is 3.98. The average molecular weight is 435 g/mol. The van der Waals surface area contributed by atoms with Crippen molar-refractivity contribution in [2.45, 2.75) is 11.8 Å². The third-order valence-corrected chi connectivity index (χ3v) is 5.85. The monoisotopic (exact) mass is 434 g/mol. The number of amides is 1. The molecule has 0 aliphatic rings. The quantitative estimate of drug-likeness (QED) is 0.567. The Labute approximate surface area is 173 Å². The minimum absolute atomic E-state index is 0.0793. The summed E-state index contributed by atoms with van der Waals surface area (Å²) in [4.78, 5) is 12.4. The van der Waals surface area contributed by atoms with Gasteiger partial charge in [-0.3, -0.25) is 9.52 Å². The number of rotatable bonds is 5. The largest absolute Gasteiger partial charge is 0.322 e. The summed E-state index contributed by atoms with van der Waals surface area (Å²) >= 11 is 11.9. The molecule has 3 aromatic rings. The van der Waals surface area contributed by atoms with Gasteiger partial charge in [-0.05, 0) is 61.5 Å². The van der Waals surface area contributed by atoms with Gasteiger partial charge in [-0.15, -0.1) is 0 Å². The number of sulfonamides is 1. The maximum Gasteiger partial charge on any atom is 0.261 e. The van der Waals surface area contributed by atoms with E-state index in [1.54, 1.807) is 18.2 Å². The minimum Gasteiger partial charge on any atom is -0.322 e. The standard InChI is InChI=1S/C20H16Cl2N2O3S/c1-13-2-5-16(6-3-13)24-28(26,27)17-9-7-15(8-10-17)23-20(25)18-11-4-14(21)12-19(18)22/h2-12,24H,1H3,(H,23,25). The zero-order chi connectivity index (χ0) is 20.3. The third kappa shape index (κ3) is 4.84. The number of hydrogen-bond donors (Lipinski definition) is 2. The number of nitrogens with one attached hydrogen (secondary N) is 2. The summed E-state index contributed by atoms with van der Waals surface area (Å²) in [5.41, 5.74) is 2.21. The zero-order valence-electron chi connectivity index (χ0n) is 14.7. The smallest absolute Gasteiger partial charge is 0.261 e. The van der Waals surface area contributed by atoms with Crippen LogP contribution in [-0.4, -0.2) is 14.3 Å². The van der Waals surface area contributed by atoms with Crippen LogP contribution in [0.3, 0.4) is 0 Å². The summed E-state index contributed by atoms with van der Waals surface area (Å²) in [5.74, 6) is -0.421. The molecule has 0 aromatic heterocycles. The van der Waals surface area contributed by atoms with Crippen molar-refractivity contribution in [3.8, 4) is 0 Å². The number of hydrogen-bond acceptors (Lipinski definition) is 3. The third-order valence-electron chi connectivity index (χ3n) is 3.90. The molecule has 0 spiro atoms. The molecule has 8 heteroatoms. The molecule has 1 amide bonds. The summed E-state index contributed by atoms with van der Waals surface area (Å²) in [5, 5.41) is 3.33. The lowest BCUT2D eigenvalue weighted by Gasteiger charge is -2.10. The number of aryl methyl sites for hydroxylation is 1. The molecule has 0 saturated heterocycles. The minimum atomic E-state index is -3.73. The van der Waals surface area contributed by atoms with Crippen molar-refractivity contribution in [1.29, 1.82) is 0 Å². The van der Waals surface area contributed by atoms with Gasteiger partial charge in [-0.25, -0.2) is 8.42 Å². The molecular formula is C20H16Cl2N2O3S. The van der Waals surface area contributed by atoms with Crippen LogP contribution in [0.5, 0.6) is 0 Å². The molecule has 0 bridgehead atoms. The van der Waals surface area contributed by atoms with E-state index in [2.05, 4.69) is 10.0 Å². The summed E-state index contributed by atoms with van der Waals surface area (Å²) < 4.78 is 27.5. The number of anilines is 2. The molecule has 0 aliphatic carbocycles. The van der Waals surface area contributed by atoms with Crippen LogP contribution in [0.4, 0.5) is 11.4 Å². The maximum absolute atomic E-state index is 12.5. The number of benzene rings is 3. The van der Waals surface area contributed by atoms with Crippen molar-refractivity contribution in [2.75, 3.05) is 10.0 Å². The van der Waals surface area contributed by atoms with Crippen molar-refractivity contribution in [2.24, 2.45) is 0 Å². The Balaban J connectivity index is 1.73. The SMILES string of the molecule is Cc1ccc(NS(=O)(=O)c2ccc(NC(=O)c3ccc(Cl)cc3Cl)cc2)cc1. The van der Waals surface area contributed by atoms with E-state index < -0.39 is 15.9 Å². The average Bonchev–Trinajstić information content (AvgIpc) is 2.64. The lowest BCUT2D eigenvalue weighted by Crippen LogP contribution is -2.14. The molecule has 2 N–H and O–H groups in total. The summed E-state index contributed by atoms with van der Waals surface area (Å²) in [6, 6.07) is 17.4. The molecule has 3 aromatic carbocycles. The van der Waals surface area contributed by atoms with Crippen LogP contribution >= 0.6 is 23.2 Å². The van der Waals surface area contributed by atoms with Crippen molar-refractivity contribution < 1.29 is 13.2 Å². The second-order valence-electron chi connectivity index (χ2n) is 6.07. The maximum atomic E-state index is 12.5. The lowest BCUT2D eigenvalue weighted by molar-refractivity contribution is 0.102.